The van der Waals surface area contributed by atoms with Crippen LogP contribution in [0.25, 0.3) is 10.8 Å². The molecule has 0 spiro atoms. The summed E-state index contributed by atoms with van der Waals surface area (Å²) in [5, 5.41) is 12.7. The lowest BCUT2D eigenvalue weighted by Gasteiger charge is -2.31. The number of hydrogen-bond donors (Lipinski definition) is 1. The fourth-order valence-electron chi connectivity index (χ4n) is 4.88. The van der Waals surface area contributed by atoms with Crippen LogP contribution in [0.2, 0.25) is 0 Å². The molecule has 0 atom stereocenters. The molecule has 1 N–H and O–H groups in total. The van der Waals surface area contributed by atoms with Crippen molar-refractivity contribution in [2.75, 3.05) is 26.8 Å². The van der Waals surface area contributed by atoms with Crippen molar-refractivity contribution in [2.45, 2.75) is 45.7 Å². The second-order valence-electron chi connectivity index (χ2n) is 9.63. The van der Waals surface area contributed by atoms with Crippen LogP contribution in [0, 0.1) is 18.8 Å². The van der Waals surface area contributed by atoms with Crippen LogP contribution in [0.15, 0.2) is 42.6 Å². The number of nitrogens with zero attached hydrogens (tertiary/aromatic N) is 2. The van der Waals surface area contributed by atoms with E-state index in [1.807, 2.05) is 16.7 Å². The Labute approximate surface area is 190 Å². The number of likely N-dealkylation sites (tertiary alicyclic amines) is 1. The molecule has 0 radical (unpaired) electrons. The molecule has 5 rings (SSSR count). The summed E-state index contributed by atoms with van der Waals surface area (Å²) in [5.74, 6) is 3.55. The summed E-state index contributed by atoms with van der Waals surface area (Å²) in [6.07, 6.45) is 6.97. The molecule has 1 aliphatic carbocycles. The zero-order chi connectivity index (χ0) is 22.1. The first-order valence-corrected chi connectivity index (χ1v) is 11.9. The van der Waals surface area contributed by atoms with Gasteiger partial charge in [-0.3, -0.25) is 4.90 Å². The van der Waals surface area contributed by atoms with Crippen molar-refractivity contribution in [1.29, 1.82) is 0 Å². The molecule has 0 amide bonds. The smallest absolute Gasteiger partial charge is 0.199 e. The molecule has 32 heavy (non-hydrogen) atoms. The lowest BCUT2D eigenvalue weighted by Crippen LogP contribution is -2.35. The first kappa shape index (κ1) is 21.2. The van der Waals surface area contributed by atoms with E-state index in [0.717, 1.165) is 79.4 Å². The lowest BCUT2D eigenvalue weighted by molar-refractivity contribution is 0.137. The van der Waals surface area contributed by atoms with Gasteiger partial charge in [-0.15, -0.1) is 0 Å². The molecule has 5 heteroatoms. The highest BCUT2D eigenvalue weighted by Crippen LogP contribution is 2.37. The quantitative estimate of drug-likeness (QED) is 0.518. The first-order valence-electron chi connectivity index (χ1n) is 11.9. The van der Waals surface area contributed by atoms with Gasteiger partial charge in [0.15, 0.2) is 5.88 Å². The van der Waals surface area contributed by atoms with Crippen molar-refractivity contribution in [3.05, 3.63) is 53.7 Å². The van der Waals surface area contributed by atoms with Crippen LogP contribution >= 0.6 is 0 Å². The second-order valence-corrected chi connectivity index (χ2v) is 9.63. The van der Waals surface area contributed by atoms with E-state index in [1.165, 1.54) is 18.4 Å². The number of benzene rings is 2. The Morgan fingerprint density at radius 1 is 0.969 bits per heavy atom. The average molecular weight is 435 g/mol. The molecular weight excluding hydrogens is 400 g/mol. The molecule has 5 nitrogen and oxygen atoms in total. The Balaban J connectivity index is 1.14. The van der Waals surface area contributed by atoms with Gasteiger partial charge in [0.05, 0.1) is 13.7 Å². The summed E-state index contributed by atoms with van der Waals surface area (Å²) in [6, 6.07) is 12.5. The van der Waals surface area contributed by atoms with Crippen molar-refractivity contribution >= 4 is 10.8 Å². The van der Waals surface area contributed by atoms with E-state index in [2.05, 4.69) is 42.3 Å². The van der Waals surface area contributed by atoms with E-state index < -0.39 is 0 Å². The molecule has 2 fully saturated rings. The molecule has 3 aromatic rings. The molecule has 1 saturated heterocycles. The highest BCUT2D eigenvalue weighted by Gasteiger charge is 2.24. The van der Waals surface area contributed by atoms with Crippen molar-refractivity contribution < 1.29 is 14.6 Å². The van der Waals surface area contributed by atoms with Crippen LogP contribution in [-0.4, -0.2) is 41.4 Å². The SMILES string of the molecule is COc1ccc(CN2CCC(COc3cc(C)c4c(O)n(CC5CC5)cc4c3)CC2)cc1. The van der Waals surface area contributed by atoms with Crippen LogP contribution in [0.4, 0.5) is 0 Å². The Hall–Kier alpha value is -2.66. The summed E-state index contributed by atoms with van der Waals surface area (Å²) < 4.78 is 13.5. The number of aromatic nitrogens is 1. The fourth-order valence-corrected chi connectivity index (χ4v) is 4.88. The zero-order valence-corrected chi connectivity index (χ0v) is 19.2. The molecule has 1 aliphatic heterocycles. The normalized spacial score (nSPS) is 17.7. The van der Waals surface area contributed by atoms with Crippen molar-refractivity contribution in [1.82, 2.24) is 9.47 Å². The Morgan fingerprint density at radius 3 is 2.41 bits per heavy atom. The molecule has 2 aromatic carbocycles. The van der Waals surface area contributed by atoms with Crippen molar-refractivity contribution in [3.8, 4) is 17.4 Å². The monoisotopic (exact) mass is 434 g/mol. The predicted molar refractivity (Wildman–Crippen MR) is 128 cm³/mol. The van der Waals surface area contributed by atoms with Crippen LogP contribution in [0.3, 0.4) is 0 Å². The van der Waals surface area contributed by atoms with Gasteiger partial charge in [-0.1, -0.05) is 12.1 Å². The van der Waals surface area contributed by atoms with Crippen LogP contribution in [-0.2, 0) is 13.1 Å². The molecule has 0 unspecified atom stereocenters. The summed E-state index contributed by atoms with van der Waals surface area (Å²) in [7, 11) is 1.70. The highest BCUT2D eigenvalue weighted by molar-refractivity contribution is 5.92. The third-order valence-corrected chi connectivity index (χ3v) is 7.04. The van der Waals surface area contributed by atoms with Gasteiger partial charge in [0.25, 0.3) is 0 Å². The fraction of sp³-hybridized carbons (Fsp3) is 0.481. The van der Waals surface area contributed by atoms with Gasteiger partial charge in [-0.2, -0.15) is 0 Å². The third-order valence-electron chi connectivity index (χ3n) is 7.04. The van der Waals surface area contributed by atoms with Gasteiger partial charge >= 0.3 is 0 Å². The molecule has 0 bridgehead atoms. The molecule has 170 valence electrons. The third kappa shape index (κ3) is 4.73. The Kier molecular flexibility index (Phi) is 6.01. The molecular formula is C27H34N2O3. The number of aryl methyl sites for hydroxylation is 1. The number of methoxy groups -OCH3 is 1. The van der Waals surface area contributed by atoms with Crippen LogP contribution < -0.4 is 9.47 Å². The number of fused-ring (bicyclic) bond motifs is 1. The Morgan fingerprint density at radius 2 is 1.72 bits per heavy atom. The summed E-state index contributed by atoms with van der Waals surface area (Å²) in [4.78, 5) is 2.53. The molecule has 1 aromatic heterocycles. The van der Waals surface area contributed by atoms with Gasteiger partial charge in [-0.25, -0.2) is 0 Å². The highest BCUT2D eigenvalue weighted by atomic mass is 16.5. The van der Waals surface area contributed by atoms with E-state index in [0.29, 0.717) is 11.8 Å². The van der Waals surface area contributed by atoms with E-state index in [4.69, 9.17) is 9.47 Å². The number of hydrogen-bond acceptors (Lipinski definition) is 4. The van der Waals surface area contributed by atoms with E-state index in [1.54, 1.807) is 7.11 Å². The minimum absolute atomic E-state index is 0.403. The van der Waals surface area contributed by atoms with E-state index in [-0.39, 0.29) is 0 Å². The maximum absolute atomic E-state index is 10.6. The number of ether oxygens (including phenoxy) is 2. The number of rotatable bonds is 8. The molecule has 1 saturated carbocycles. The topological polar surface area (TPSA) is 46.9 Å². The Bertz CT molecular complexity index is 1060. The maximum Gasteiger partial charge on any atom is 0.199 e. The minimum atomic E-state index is 0.403. The second kappa shape index (κ2) is 9.07. The van der Waals surface area contributed by atoms with Gasteiger partial charge in [0.1, 0.15) is 11.5 Å². The van der Waals surface area contributed by atoms with E-state index >= 15 is 0 Å². The molecule has 2 aliphatic rings. The zero-order valence-electron chi connectivity index (χ0n) is 19.2. The predicted octanol–water partition coefficient (Wildman–Crippen LogP) is 5.36. The van der Waals surface area contributed by atoms with Crippen LogP contribution in [0.1, 0.15) is 36.8 Å². The van der Waals surface area contributed by atoms with Gasteiger partial charge in [0, 0.05) is 30.1 Å². The van der Waals surface area contributed by atoms with Crippen molar-refractivity contribution in [3.63, 3.8) is 0 Å². The summed E-state index contributed by atoms with van der Waals surface area (Å²) in [5.41, 5.74) is 2.42. The maximum atomic E-state index is 10.6. The minimum Gasteiger partial charge on any atom is -0.497 e. The molecule has 2 heterocycles. The van der Waals surface area contributed by atoms with Crippen molar-refractivity contribution in [2.24, 2.45) is 11.8 Å². The van der Waals surface area contributed by atoms with E-state index in [9.17, 15) is 5.11 Å². The number of aromatic hydroxyl groups is 1. The average Bonchev–Trinajstić information content (AvgIpc) is 3.56. The van der Waals surface area contributed by atoms with Gasteiger partial charge < -0.3 is 19.1 Å². The van der Waals surface area contributed by atoms with Gasteiger partial charge in [-0.05, 0) is 92.9 Å². The van der Waals surface area contributed by atoms with Crippen LogP contribution in [0.5, 0.6) is 17.4 Å². The largest absolute Gasteiger partial charge is 0.497 e. The standard InChI is InChI=1S/C27H34N2O3/c1-19-13-25(14-23-17-29(16-21-3-4-21)27(30)26(19)23)32-18-22-9-11-28(12-10-22)15-20-5-7-24(31-2)8-6-20/h5-8,13-14,17,21-22,30H,3-4,9-12,15-16,18H2,1-2H3. The van der Waals surface area contributed by atoms with Gasteiger partial charge in [0.2, 0.25) is 0 Å². The number of piperidine rings is 1. The summed E-state index contributed by atoms with van der Waals surface area (Å²) >= 11 is 0. The first-order chi connectivity index (χ1) is 15.6. The summed E-state index contributed by atoms with van der Waals surface area (Å²) in [6.45, 7) is 6.95. The lowest BCUT2D eigenvalue weighted by atomic mass is 9.97.